The number of nitrogens with zero attached hydrogens (tertiary/aromatic N) is 1. The highest BCUT2D eigenvalue weighted by molar-refractivity contribution is 5.83. The Morgan fingerprint density at radius 1 is 1.17 bits per heavy atom. The van der Waals surface area contributed by atoms with Gasteiger partial charge in [0.2, 0.25) is 11.8 Å². The van der Waals surface area contributed by atoms with Gasteiger partial charge in [0.15, 0.2) is 0 Å². The minimum Gasteiger partial charge on any atom is -0.378 e. The van der Waals surface area contributed by atoms with Crippen molar-refractivity contribution in [2.24, 2.45) is 17.3 Å². The van der Waals surface area contributed by atoms with Crippen molar-refractivity contribution in [3.05, 3.63) is 0 Å². The summed E-state index contributed by atoms with van der Waals surface area (Å²) in [5.41, 5.74) is 0.212. The number of hydrogen-bond acceptors (Lipinski definition) is 3. The van der Waals surface area contributed by atoms with Crippen LogP contribution < -0.4 is 5.32 Å². The third kappa shape index (κ3) is 2.75. The number of amides is 2. The van der Waals surface area contributed by atoms with E-state index >= 15 is 0 Å². The van der Waals surface area contributed by atoms with Crippen molar-refractivity contribution in [3.8, 4) is 0 Å². The summed E-state index contributed by atoms with van der Waals surface area (Å²) in [6.07, 6.45) is 8.84. The molecule has 3 aliphatic carbocycles. The highest BCUT2D eigenvalue weighted by Gasteiger charge is 2.59. The summed E-state index contributed by atoms with van der Waals surface area (Å²) in [6, 6.07) is 0.282. The molecule has 134 valence electrons. The Labute approximate surface area is 144 Å². The Morgan fingerprint density at radius 3 is 2.58 bits per heavy atom. The van der Waals surface area contributed by atoms with Gasteiger partial charge in [-0.15, -0.1) is 0 Å². The zero-order valence-electron chi connectivity index (χ0n) is 14.8. The van der Waals surface area contributed by atoms with Crippen LogP contribution in [0.5, 0.6) is 0 Å². The maximum atomic E-state index is 12.8. The standard InChI is InChI=1S/C19H30N2O3/c1-2-24-16-11-15(19(16)8-4-9-19)20-17(22)14-5-3-10-21(12-14)18(23)13-6-7-13/h13-16H,2-12H2,1H3,(H,20,22)/t14-,15-,16+/m1/s1. The summed E-state index contributed by atoms with van der Waals surface area (Å²) in [5.74, 6) is 0.672. The summed E-state index contributed by atoms with van der Waals surface area (Å²) < 4.78 is 5.87. The van der Waals surface area contributed by atoms with Gasteiger partial charge in [0.1, 0.15) is 0 Å². The molecule has 24 heavy (non-hydrogen) atoms. The molecule has 4 aliphatic rings. The molecule has 1 heterocycles. The van der Waals surface area contributed by atoms with E-state index in [0.717, 1.165) is 45.3 Å². The molecule has 0 aromatic rings. The monoisotopic (exact) mass is 334 g/mol. The molecule has 4 rings (SSSR count). The number of carbonyl (C=O) groups excluding carboxylic acids is 2. The first-order chi connectivity index (χ1) is 11.6. The molecule has 0 bridgehead atoms. The van der Waals surface area contributed by atoms with Crippen LogP contribution in [0.3, 0.4) is 0 Å². The van der Waals surface area contributed by atoms with Crippen LogP contribution in [-0.2, 0) is 14.3 Å². The number of piperidine rings is 1. The molecule has 0 unspecified atom stereocenters. The molecule has 4 fully saturated rings. The molecular formula is C19H30N2O3. The Balaban J connectivity index is 1.32. The fraction of sp³-hybridized carbons (Fsp3) is 0.895. The number of rotatable bonds is 5. The van der Waals surface area contributed by atoms with E-state index in [9.17, 15) is 9.59 Å². The van der Waals surface area contributed by atoms with Gasteiger partial charge < -0.3 is 15.0 Å². The van der Waals surface area contributed by atoms with E-state index in [0.29, 0.717) is 12.6 Å². The quantitative estimate of drug-likeness (QED) is 0.838. The third-order valence-corrected chi connectivity index (χ3v) is 6.78. The van der Waals surface area contributed by atoms with E-state index in [1.807, 2.05) is 11.8 Å². The maximum absolute atomic E-state index is 12.8. The lowest BCUT2D eigenvalue weighted by atomic mass is 9.51. The van der Waals surface area contributed by atoms with Crippen LogP contribution in [0.2, 0.25) is 0 Å². The van der Waals surface area contributed by atoms with Crippen LogP contribution in [0, 0.1) is 17.3 Å². The highest BCUT2D eigenvalue weighted by atomic mass is 16.5. The molecule has 5 heteroatoms. The van der Waals surface area contributed by atoms with Gasteiger partial charge in [-0.2, -0.15) is 0 Å². The molecule has 1 saturated heterocycles. The number of hydrogen-bond donors (Lipinski definition) is 1. The van der Waals surface area contributed by atoms with Crippen LogP contribution in [0.1, 0.15) is 58.3 Å². The molecule has 0 aromatic carbocycles. The molecular weight excluding hydrogens is 304 g/mol. The molecule has 1 spiro atoms. The molecule has 2 amide bonds. The van der Waals surface area contributed by atoms with Gasteiger partial charge in [-0.1, -0.05) is 6.42 Å². The van der Waals surface area contributed by atoms with E-state index in [1.165, 1.54) is 19.3 Å². The first-order valence-electron chi connectivity index (χ1n) is 9.85. The van der Waals surface area contributed by atoms with Gasteiger partial charge in [0, 0.05) is 37.1 Å². The first kappa shape index (κ1) is 16.4. The molecule has 3 saturated carbocycles. The number of ether oxygens (including phenoxy) is 1. The van der Waals surface area contributed by atoms with E-state index in [1.54, 1.807) is 0 Å². The van der Waals surface area contributed by atoms with Crippen molar-refractivity contribution in [2.45, 2.75) is 70.4 Å². The van der Waals surface area contributed by atoms with Crippen molar-refractivity contribution in [2.75, 3.05) is 19.7 Å². The Hall–Kier alpha value is -1.10. The lowest BCUT2D eigenvalue weighted by molar-refractivity contribution is -0.177. The fourth-order valence-corrected chi connectivity index (χ4v) is 4.91. The average Bonchev–Trinajstić information content (AvgIpc) is 3.36. The zero-order valence-corrected chi connectivity index (χ0v) is 14.8. The molecule has 0 radical (unpaired) electrons. The molecule has 0 aromatic heterocycles. The number of nitrogens with one attached hydrogen (secondary N) is 1. The predicted octanol–water partition coefficient (Wildman–Crippen LogP) is 2.10. The summed E-state index contributed by atoms with van der Waals surface area (Å²) in [7, 11) is 0. The number of likely N-dealkylation sites (tertiary alicyclic amines) is 1. The van der Waals surface area contributed by atoms with Crippen molar-refractivity contribution in [1.29, 1.82) is 0 Å². The summed E-state index contributed by atoms with van der Waals surface area (Å²) in [4.78, 5) is 27.0. The van der Waals surface area contributed by atoms with Gasteiger partial charge >= 0.3 is 0 Å². The van der Waals surface area contributed by atoms with Crippen LogP contribution >= 0.6 is 0 Å². The van der Waals surface area contributed by atoms with Crippen molar-refractivity contribution in [1.82, 2.24) is 10.2 Å². The van der Waals surface area contributed by atoms with Gasteiger partial charge in [-0.3, -0.25) is 9.59 Å². The van der Waals surface area contributed by atoms with Gasteiger partial charge in [0.25, 0.3) is 0 Å². The fourth-order valence-electron chi connectivity index (χ4n) is 4.91. The van der Waals surface area contributed by atoms with E-state index < -0.39 is 0 Å². The van der Waals surface area contributed by atoms with Crippen molar-refractivity contribution >= 4 is 11.8 Å². The van der Waals surface area contributed by atoms with Crippen molar-refractivity contribution < 1.29 is 14.3 Å². The normalized spacial score (nSPS) is 34.4. The molecule has 1 aliphatic heterocycles. The third-order valence-electron chi connectivity index (χ3n) is 6.78. The minimum absolute atomic E-state index is 0.0234. The highest BCUT2D eigenvalue weighted by Crippen LogP contribution is 2.57. The predicted molar refractivity (Wildman–Crippen MR) is 90.3 cm³/mol. The second-order valence-electron chi connectivity index (χ2n) is 8.23. The van der Waals surface area contributed by atoms with Crippen molar-refractivity contribution in [3.63, 3.8) is 0 Å². The van der Waals surface area contributed by atoms with Crippen LogP contribution in [0.15, 0.2) is 0 Å². The number of carbonyl (C=O) groups is 2. The van der Waals surface area contributed by atoms with E-state index in [4.69, 9.17) is 4.74 Å². The van der Waals surface area contributed by atoms with E-state index in [2.05, 4.69) is 5.32 Å². The van der Waals surface area contributed by atoms with Crippen LogP contribution in [0.4, 0.5) is 0 Å². The zero-order chi connectivity index (χ0) is 16.7. The molecule has 5 nitrogen and oxygen atoms in total. The summed E-state index contributed by atoms with van der Waals surface area (Å²) >= 11 is 0. The SMILES string of the molecule is CCO[C@H]1C[C@@H](NC(=O)[C@@H]2CCCN(C(=O)C3CC3)C2)C12CCC2. The second kappa shape index (κ2) is 6.32. The van der Waals surface area contributed by atoms with Gasteiger partial charge in [-0.05, 0) is 51.9 Å². The lowest BCUT2D eigenvalue weighted by Gasteiger charge is -2.61. The Bertz CT molecular complexity index is 513. The Morgan fingerprint density at radius 2 is 1.96 bits per heavy atom. The molecule has 1 N–H and O–H groups in total. The van der Waals surface area contributed by atoms with Gasteiger partial charge in [0.05, 0.1) is 12.0 Å². The maximum Gasteiger partial charge on any atom is 0.225 e. The summed E-state index contributed by atoms with van der Waals surface area (Å²) in [5, 5.41) is 3.31. The summed E-state index contributed by atoms with van der Waals surface area (Å²) in [6.45, 7) is 4.26. The minimum atomic E-state index is -0.0234. The lowest BCUT2D eigenvalue weighted by Crippen LogP contribution is -2.68. The van der Waals surface area contributed by atoms with Crippen LogP contribution in [0.25, 0.3) is 0 Å². The van der Waals surface area contributed by atoms with E-state index in [-0.39, 0.29) is 35.1 Å². The first-order valence-corrected chi connectivity index (χ1v) is 9.85. The second-order valence-corrected chi connectivity index (χ2v) is 8.23. The average molecular weight is 334 g/mol. The molecule has 3 atom stereocenters. The topological polar surface area (TPSA) is 58.6 Å². The Kier molecular flexibility index (Phi) is 4.31. The van der Waals surface area contributed by atoms with Crippen LogP contribution in [-0.4, -0.2) is 48.6 Å². The smallest absolute Gasteiger partial charge is 0.225 e. The van der Waals surface area contributed by atoms with Gasteiger partial charge in [-0.25, -0.2) is 0 Å². The largest absolute Gasteiger partial charge is 0.378 e.